The standard InChI is InChI=1S/C17H16N2O2/c1-13-6-3-4-9-17(13)21-16-11-18-19(12-16)14-7-5-8-15(10-14)20-2/h3-12H,1-2H3. The summed E-state index contributed by atoms with van der Waals surface area (Å²) in [5.41, 5.74) is 2.01. The number of hydrogen-bond acceptors (Lipinski definition) is 3. The third-order valence-electron chi connectivity index (χ3n) is 3.20. The van der Waals surface area contributed by atoms with Crippen LogP contribution in [0.25, 0.3) is 5.69 Å². The van der Waals surface area contributed by atoms with E-state index in [-0.39, 0.29) is 0 Å². The Bertz CT molecular complexity index is 750. The molecule has 0 radical (unpaired) electrons. The number of rotatable bonds is 4. The minimum absolute atomic E-state index is 0.701. The Morgan fingerprint density at radius 3 is 2.67 bits per heavy atom. The summed E-state index contributed by atoms with van der Waals surface area (Å²) in [4.78, 5) is 0. The number of benzene rings is 2. The second-order valence-electron chi connectivity index (χ2n) is 4.69. The lowest BCUT2D eigenvalue weighted by Crippen LogP contribution is -1.94. The minimum Gasteiger partial charge on any atom is -0.497 e. The molecule has 0 amide bonds. The molecule has 1 heterocycles. The zero-order valence-corrected chi connectivity index (χ0v) is 12.0. The third-order valence-corrected chi connectivity index (χ3v) is 3.20. The summed E-state index contributed by atoms with van der Waals surface area (Å²) in [7, 11) is 1.65. The summed E-state index contributed by atoms with van der Waals surface area (Å²) in [5.74, 6) is 2.33. The van der Waals surface area contributed by atoms with Crippen LogP contribution in [-0.4, -0.2) is 16.9 Å². The first-order valence-electron chi connectivity index (χ1n) is 6.69. The minimum atomic E-state index is 0.701. The van der Waals surface area contributed by atoms with Crippen LogP contribution in [0.4, 0.5) is 0 Å². The fourth-order valence-corrected chi connectivity index (χ4v) is 2.05. The molecule has 0 aliphatic heterocycles. The van der Waals surface area contributed by atoms with Crippen molar-refractivity contribution < 1.29 is 9.47 Å². The second-order valence-corrected chi connectivity index (χ2v) is 4.69. The zero-order valence-electron chi connectivity index (χ0n) is 12.0. The Morgan fingerprint density at radius 2 is 1.86 bits per heavy atom. The molecule has 0 saturated carbocycles. The first-order chi connectivity index (χ1) is 10.3. The average molecular weight is 280 g/mol. The Kier molecular flexibility index (Phi) is 3.60. The van der Waals surface area contributed by atoms with E-state index in [2.05, 4.69) is 5.10 Å². The molecule has 0 N–H and O–H groups in total. The first kappa shape index (κ1) is 13.2. The van der Waals surface area contributed by atoms with Crippen molar-refractivity contribution in [3.8, 4) is 22.9 Å². The van der Waals surface area contributed by atoms with Crippen molar-refractivity contribution in [1.82, 2.24) is 9.78 Å². The number of hydrogen-bond donors (Lipinski definition) is 0. The van der Waals surface area contributed by atoms with Gasteiger partial charge in [-0.05, 0) is 30.7 Å². The predicted molar refractivity (Wildman–Crippen MR) is 81.4 cm³/mol. The van der Waals surface area contributed by atoms with Gasteiger partial charge in [-0.15, -0.1) is 0 Å². The Hall–Kier alpha value is -2.75. The lowest BCUT2D eigenvalue weighted by Gasteiger charge is -2.06. The van der Waals surface area contributed by atoms with Crippen molar-refractivity contribution in [2.75, 3.05) is 7.11 Å². The van der Waals surface area contributed by atoms with Gasteiger partial charge >= 0.3 is 0 Å². The van der Waals surface area contributed by atoms with Crippen LogP contribution in [0.2, 0.25) is 0 Å². The number of ether oxygens (including phenoxy) is 2. The first-order valence-corrected chi connectivity index (χ1v) is 6.69. The highest BCUT2D eigenvalue weighted by atomic mass is 16.5. The van der Waals surface area contributed by atoms with Crippen molar-refractivity contribution >= 4 is 0 Å². The number of aryl methyl sites for hydroxylation is 1. The molecule has 3 rings (SSSR count). The number of aromatic nitrogens is 2. The van der Waals surface area contributed by atoms with Crippen LogP contribution in [0.1, 0.15) is 5.56 Å². The lowest BCUT2D eigenvalue weighted by atomic mass is 10.2. The molecule has 0 atom stereocenters. The maximum Gasteiger partial charge on any atom is 0.165 e. The van der Waals surface area contributed by atoms with Crippen LogP contribution in [-0.2, 0) is 0 Å². The van der Waals surface area contributed by atoms with E-state index in [4.69, 9.17) is 9.47 Å². The fourth-order valence-electron chi connectivity index (χ4n) is 2.05. The number of para-hydroxylation sites is 1. The molecule has 106 valence electrons. The van der Waals surface area contributed by atoms with Crippen molar-refractivity contribution in [1.29, 1.82) is 0 Å². The van der Waals surface area contributed by atoms with E-state index in [1.165, 1.54) is 0 Å². The van der Waals surface area contributed by atoms with E-state index >= 15 is 0 Å². The van der Waals surface area contributed by atoms with Crippen LogP contribution in [0.3, 0.4) is 0 Å². The molecule has 0 spiro atoms. The highest BCUT2D eigenvalue weighted by molar-refractivity contribution is 5.40. The van der Waals surface area contributed by atoms with E-state index in [1.54, 1.807) is 18.0 Å². The van der Waals surface area contributed by atoms with Crippen LogP contribution < -0.4 is 9.47 Å². The van der Waals surface area contributed by atoms with Crippen LogP contribution in [0.5, 0.6) is 17.2 Å². The molecular formula is C17H16N2O2. The van der Waals surface area contributed by atoms with E-state index in [9.17, 15) is 0 Å². The second kappa shape index (κ2) is 5.71. The van der Waals surface area contributed by atoms with Crippen molar-refractivity contribution in [3.05, 3.63) is 66.5 Å². The molecule has 0 saturated heterocycles. The quantitative estimate of drug-likeness (QED) is 0.725. The molecule has 0 fully saturated rings. The Morgan fingerprint density at radius 1 is 1.00 bits per heavy atom. The van der Waals surface area contributed by atoms with Gasteiger partial charge in [0.2, 0.25) is 0 Å². The van der Waals surface area contributed by atoms with E-state index < -0.39 is 0 Å². The SMILES string of the molecule is COc1cccc(-n2cc(Oc3ccccc3C)cn2)c1. The summed E-state index contributed by atoms with van der Waals surface area (Å²) in [6, 6.07) is 15.6. The van der Waals surface area contributed by atoms with Gasteiger partial charge in [0.25, 0.3) is 0 Å². The van der Waals surface area contributed by atoms with E-state index in [0.717, 1.165) is 22.7 Å². The monoisotopic (exact) mass is 280 g/mol. The van der Waals surface area contributed by atoms with E-state index in [0.29, 0.717) is 5.75 Å². The van der Waals surface area contributed by atoms with Gasteiger partial charge in [0.15, 0.2) is 5.75 Å². The van der Waals surface area contributed by atoms with Gasteiger partial charge < -0.3 is 9.47 Å². The maximum atomic E-state index is 5.85. The molecular weight excluding hydrogens is 264 g/mol. The number of nitrogens with zero attached hydrogens (tertiary/aromatic N) is 2. The van der Waals surface area contributed by atoms with Crippen molar-refractivity contribution in [2.45, 2.75) is 6.92 Å². The summed E-state index contributed by atoms with van der Waals surface area (Å²) < 4.78 is 12.8. The predicted octanol–water partition coefficient (Wildman–Crippen LogP) is 3.98. The summed E-state index contributed by atoms with van der Waals surface area (Å²) >= 11 is 0. The Balaban J connectivity index is 1.85. The summed E-state index contributed by atoms with van der Waals surface area (Å²) in [6.45, 7) is 2.02. The van der Waals surface area contributed by atoms with Gasteiger partial charge in [-0.1, -0.05) is 24.3 Å². The van der Waals surface area contributed by atoms with Gasteiger partial charge in [0, 0.05) is 6.07 Å². The molecule has 0 aliphatic carbocycles. The molecule has 0 aliphatic rings. The molecule has 2 aromatic carbocycles. The Labute approximate surface area is 123 Å². The van der Waals surface area contributed by atoms with Gasteiger partial charge in [-0.3, -0.25) is 0 Å². The summed E-state index contributed by atoms with van der Waals surface area (Å²) in [5, 5.41) is 4.32. The highest BCUT2D eigenvalue weighted by Crippen LogP contribution is 2.25. The largest absolute Gasteiger partial charge is 0.497 e. The zero-order chi connectivity index (χ0) is 14.7. The fraction of sp³-hybridized carbons (Fsp3) is 0.118. The molecule has 4 heteroatoms. The topological polar surface area (TPSA) is 36.3 Å². The smallest absolute Gasteiger partial charge is 0.165 e. The van der Waals surface area contributed by atoms with Gasteiger partial charge in [-0.2, -0.15) is 5.10 Å². The van der Waals surface area contributed by atoms with Crippen molar-refractivity contribution in [2.24, 2.45) is 0 Å². The number of methoxy groups -OCH3 is 1. The van der Waals surface area contributed by atoms with Gasteiger partial charge in [0.1, 0.15) is 11.5 Å². The average Bonchev–Trinajstić information content (AvgIpc) is 2.98. The van der Waals surface area contributed by atoms with Crippen LogP contribution >= 0.6 is 0 Å². The molecule has 3 aromatic rings. The molecule has 21 heavy (non-hydrogen) atoms. The van der Waals surface area contributed by atoms with Crippen LogP contribution in [0.15, 0.2) is 60.9 Å². The van der Waals surface area contributed by atoms with Crippen molar-refractivity contribution in [3.63, 3.8) is 0 Å². The van der Waals surface area contributed by atoms with Gasteiger partial charge in [0.05, 0.1) is 25.2 Å². The molecule has 4 nitrogen and oxygen atoms in total. The lowest BCUT2D eigenvalue weighted by molar-refractivity contribution is 0.414. The molecule has 0 bridgehead atoms. The molecule has 1 aromatic heterocycles. The normalized spacial score (nSPS) is 10.4. The van der Waals surface area contributed by atoms with E-state index in [1.807, 2.05) is 61.7 Å². The van der Waals surface area contributed by atoms with Gasteiger partial charge in [-0.25, -0.2) is 4.68 Å². The maximum absolute atomic E-state index is 5.85. The molecule has 0 unspecified atom stereocenters. The highest BCUT2D eigenvalue weighted by Gasteiger charge is 2.05. The third kappa shape index (κ3) is 2.89. The summed E-state index contributed by atoms with van der Waals surface area (Å²) in [6.07, 6.45) is 3.55. The van der Waals surface area contributed by atoms with Crippen LogP contribution in [0, 0.1) is 6.92 Å².